The number of halogens is 1. The zero-order valence-corrected chi connectivity index (χ0v) is 11.3. The molecule has 1 unspecified atom stereocenters. The van der Waals surface area contributed by atoms with Crippen LogP contribution in [-0.4, -0.2) is 11.9 Å². The maximum Gasteiger partial charge on any atom is 0.251 e. The minimum absolute atomic E-state index is 0.00714. The number of benzene rings is 1. The fraction of sp³-hybridized carbons (Fsp3) is 0.308. The summed E-state index contributed by atoms with van der Waals surface area (Å²) in [6, 6.07) is 5.12. The molecular formula is C13H15BrN2O. The molecule has 1 amide bonds. The van der Waals surface area contributed by atoms with Gasteiger partial charge in [0, 0.05) is 28.2 Å². The molecule has 0 aliphatic heterocycles. The number of terminal acetylenes is 1. The zero-order valence-electron chi connectivity index (χ0n) is 9.66. The van der Waals surface area contributed by atoms with Gasteiger partial charge in [-0.3, -0.25) is 4.79 Å². The monoisotopic (exact) mass is 294 g/mol. The molecule has 0 saturated carbocycles. The van der Waals surface area contributed by atoms with Crippen LogP contribution >= 0.6 is 15.9 Å². The molecule has 0 aliphatic rings. The summed E-state index contributed by atoms with van der Waals surface area (Å²) in [6.07, 6.45) is 6.58. The van der Waals surface area contributed by atoms with E-state index in [0.29, 0.717) is 17.7 Å². The van der Waals surface area contributed by atoms with Crippen molar-refractivity contribution in [3.05, 3.63) is 28.2 Å². The van der Waals surface area contributed by atoms with Gasteiger partial charge in [-0.1, -0.05) is 22.9 Å². The summed E-state index contributed by atoms with van der Waals surface area (Å²) in [5, 5.41) is 2.88. The quantitative estimate of drug-likeness (QED) is 0.662. The van der Waals surface area contributed by atoms with E-state index >= 15 is 0 Å². The molecule has 3 N–H and O–H groups in total. The third-order valence-electron chi connectivity index (χ3n) is 2.37. The van der Waals surface area contributed by atoms with Crippen LogP contribution in [-0.2, 0) is 0 Å². The molecular weight excluding hydrogens is 280 g/mol. The van der Waals surface area contributed by atoms with E-state index in [2.05, 4.69) is 27.2 Å². The molecule has 90 valence electrons. The Morgan fingerprint density at radius 2 is 2.29 bits per heavy atom. The van der Waals surface area contributed by atoms with Crippen LogP contribution in [0, 0.1) is 12.3 Å². The van der Waals surface area contributed by atoms with Gasteiger partial charge in [-0.05, 0) is 24.6 Å². The van der Waals surface area contributed by atoms with Crippen LogP contribution in [0.25, 0.3) is 0 Å². The smallest absolute Gasteiger partial charge is 0.251 e. The highest BCUT2D eigenvalue weighted by Crippen LogP contribution is 2.17. The molecule has 0 saturated heterocycles. The normalized spacial score (nSPS) is 11.6. The molecule has 1 rings (SSSR count). The summed E-state index contributed by atoms with van der Waals surface area (Å²) < 4.78 is 0.785. The van der Waals surface area contributed by atoms with Crippen LogP contribution in [0.2, 0.25) is 0 Å². The third kappa shape index (κ3) is 4.12. The molecule has 0 fully saturated rings. The van der Waals surface area contributed by atoms with E-state index in [-0.39, 0.29) is 11.9 Å². The summed E-state index contributed by atoms with van der Waals surface area (Å²) in [4.78, 5) is 11.9. The summed E-state index contributed by atoms with van der Waals surface area (Å²) in [5.41, 5.74) is 6.76. The van der Waals surface area contributed by atoms with Gasteiger partial charge in [0.1, 0.15) is 0 Å². The van der Waals surface area contributed by atoms with Crippen LogP contribution in [0.4, 0.5) is 5.69 Å². The fourth-order valence-electron chi connectivity index (χ4n) is 1.45. The number of rotatable bonds is 4. The van der Waals surface area contributed by atoms with Gasteiger partial charge in [0.25, 0.3) is 5.91 Å². The number of nitrogens with two attached hydrogens (primary N) is 1. The average molecular weight is 295 g/mol. The maximum atomic E-state index is 11.9. The van der Waals surface area contributed by atoms with Crippen molar-refractivity contribution in [2.24, 2.45) is 0 Å². The van der Waals surface area contributed by atoms with Crippen LogP contribution < -0.4 is 11.1 Å². The number of anilines is 1. The Hall–Kier alpha value is -1.47. The van der Waals surface area contributed by atoms with Gasteiger partial charge in [0.2, 0.25) is 0 Å². The first-order chi connectivity index (χ1) is 8.06. The molecule has 0 aliphatic carbocycles. The van der Waals surface area contributed by atoms with Crippen LogP contribution in [0.3, 0.4) is 0 Å². The van der Waals surface area contributed by atoms with Crippen molar-refractivity contribution in [2.75, 3.05) is 5.73 Å². The SMILES string of the molecule is C#CCC(CC)NC(=O)c1cc(N)cc(Br)c1. The van der Waals surface area contributed by atoms with Gasteiger partial charge < -0.3 is 11.1 Å². The van der Waals surface area contributed by atoms with Crippen molar-refractivity contribution < 1.29 is 4.79 Å². The molecule has 1 aromatic rings. The van der Waals surface area contributed by atoms with Crippen LogP contribution in [0.5, 0.6) is 0 Å². The first-order valence-corrected chi connectivity index (χ1v) is 6.16. The van der Waals surface area contributed by atoms with Crippen molar-refractivity contribution in [3.8, 4) is 12.3 Å². The minimum atomic E-state index is -0.153. The van der Waals surface area contributed by atoms with Crippen molar-refractivity contribution in [1.82, 2.24) is 5.32 Å². The summed E-state index contributed by atoms with van der Waals surface area (Å²) in [7, 11) is 0. The van der Waals surface area contributed by atoms with Gasteiger partial charge >= 0.3 is 0 Å². The van der Waals surface area contributed by atoms with Crippen molar-refractivity contribution in [3.63, 3.8) is 0 Å². The Morgan fingerprint density at radius 3 is 2.82 bits per heavy atom. The second kappa shape index (κ2) is 6.31. The Kier molecular flexibility index (Phi) is 5.05. The first-order valence-electron chi connectivity index (χ1n) is 5.37. The molecule has 0 heterocycles. The predicted octanol–water partition coefficient (Wildman–Crippen LogP) is 2.56. The van der Waals surface area contributed by atoms with Gasteiger partial charge in [-0.25, -0.2) is 0 Å². The second-order valence-corrected chi connectivity index (χ2v) is 4.68. The summed E-state index contributed by atoms with van der Waals surface area (Å²) >= 11 is 3.30. The van der Waals surface area contributed by atoms with Crippen molar-refractivity contribution in [2.45, 2.75) is 25.8 Å². The number of carbonyl (C=O) groups is 1. The van der Waals surface area contributed by atoms with E-state index < -0.39 is 0 Å². The molecule has 1 atom stereocenters. The highest BCUT2D eigenvalue weighted by atomic mass is 79.9. The third-order valence-corrected chi connectivity index (χ3v) is 2.83. The number of nitrogens with one attached hydrogen (secondary N) is 1. The first kappa shape index (κ1) is 13.6. The van der Waals surface area contributed by atoms with Gasteiger partial charge in [0.05, 0.1) is 0 Å². The Bertz CT molecular complexity index is 431. The Labute approximate surface area is 110 Å². The Morgan fingerprint density at radius 1 is 1.59 bits per heavy atom. The highest BCUT2D eigenvalue weighted by molar-refractivity contribution is 9.10. The maximum absolute atomic E-state index is 11.9. The largest absolute Gasteiger partial charge is 0.399 e. The standard InChI is InChI=1S/C13H15BrN2O/c1-3-5-12(4-2)16-13(17)9-6-10(14)8-11(15)7-9/h1,6-8,12H,4-5,15H2,2H3,(H,16,17). The van der Waals surface area contributed by atoms with E-state index in [1.165, 1.54) is 0 Å². The fourth-order valence-corrected chi connectivity index (χ4v) is 1.96. The number of amides is 1. The molecule has 0 spiro atoms. The predicted molar refractivity (Wildman–Crippen MR) is 73.5 cm³/mol. The number of carbonyl (C=O) groups excluding carboxylic acids is 1. The lowest BCUT2D eigenvalue weighted by Crippen LogP contribution is -2.34. The molecule has 0 bridgehead atoms. The summed E-state index contributed by atoms with van der Waals surface area (Å²) in [5.74, 6) is 2.40. The van der Waals surface area contributed by atoms with E-state index in [1.54, 1.807) is 18.2 Å². The van der Waals surface area contributed by atoms with Crippen LogP contribution in [0.15, 0.2) is 22.7 Å². The molecule has 0 aromatic heterocycles. The van der Waals surface area contributed by atoms with E-state index in [1.807, 2.05) is 6.92 Å². The Balaban J connectivity index is 2.79. The average Bonchev–Trinajstić information content (AvgIpc) is 2.27. The van der Waals surface area contributed by atoms with Crippen molar-refractivity contribution in [1.29, 1.82) is 0 Å². The second-order valence-electron chi connectivity index (χ2n) is 3.76. The van der Waals surface area contributed by atoms with Crippen molar-refractivity contribution >= 4 is 27.5 Å². The molecule has 1 aromatic carbocycles. The molecule has 4 heteroatoms. The van der Waals surface area contributed by atoms with E-state index in [0.717, 1.165) is 10.9 Å². The minimum Gasteiger partial charge on any atom is -0.399 e. The molecule has 17 heavy (non-hydrogen) atoms. The molecule has 3 nitrogen and oxygen atoms in total. The van der Waals surface area contributed by atoms with E-state index in [9.17, 15) is 4.79 Å². The number of hydrogen-bond acceptors (Lipinski definition) is 2. The lowest BCUT2D eigenvalue weighted by atomic mass is 10.1. The lowest BCUT2D eigenvalue weighted by molar-refractivity contribution is 0.0936. The number of nitrogen functional groups attached to an aromatic ring is 1. The van der Waals surface area contributed by atoms with Gasteiger partial charge in [-0.15, -0.1) is 12.3 Å². The number of hydrogen-bond donors (Lipinski definition) is 2. The summed E-state index contributed by atoms with van der Waals surface area (Å²) in [6.45, 7) is 1.98. The molecule has 0 radical (unpaired) electrons. The van der Waals surface area contributed by atoms with E-state index in [4.69, 9.17) is 12.2 Å². The highest BCUT2D eigenvalue weighted by Gasteiger charge is 2.12. The van der Waals surface area contributed by atoms with Gasteiger partial charge in [0.15, 0.2) is 0 Å². The lowest BCUT2D eigenvalue weighted by Gasteiger charge is -2.14. The van der Waals surface area contributed by atoms with Crippen LogP contribution in [0.1, 0.15) is 30.1 Å². The topological polar surface area (TPSA) is 55.1 Å². The zero-order chi connectivity index (χ0) is 12.8. The van der Waals surface area contributed by atoms with Gasteiger partial charge in [-0.2, -0.15) is 0 Å².